The van der Waals surface area contributed by atoms with Crippen molar-refractivity contribution in [3.63, 3.8) is 0 Å². The number of aromatic hydroxyl groups is 2. The Labute approximate surface area is 146 Å². The summed E-state index contributed by atoms with van der Waals surface area (Å²) >= 11 is 8.47. The zero-order valence-corrected chi connectivity index (χ0v) is 16.6. The molecule has 0 fully saturated rings. The van der Waals surface area contributed by atoms with Gasteiger partial charge in [-0.1, -0.05) is 0 Å². The van der Waals surface area contributed by atoms with E-state index >= 15 is 0 Å². The van der Waals surface area contributed by atoms with E-state index in [9.17, 15) is 10.2 Å². The summed E-state index contributed by atoms with van der Waals surface area (Å²) in [7, 11) is 0. The Morgan fingerprint density at radius 3 is 1.80 bits per heavy atom. The molecule has 1 aromatic rings. The molecule has 0 unspecified atom stereocenters. The molecule has 8 heteroatoms. The van der Waals surface area contributed by atoms with Gasteiger partial charge in [0.15, 0.2) is 0 Å². The molecule has 104 valence electrons. The SMILES string of the molecule is Oc1cc2c(cc1O)[Se]C(=C1SC3=C(SCCS3)S1)[Se]2. The molecule has 3 heterocycles. The van der Waals surface area contributed by atoms with E-state index in [1.54, 1.807) is 15.5 Å². The van der Waals surface area contributed by atoms with Crippen LogP contribution >= 0.6 is 47.0 Å². The van der Waals surface area contributed by atoms with E-state index in [2.05, 4.69) is 0 Å². The predicted molar refractivity (Wildman–Crippen MR) is 94.7 cm³/mol. The third-order valence-corrected chi connectivity index (χ3v) is 16.1. The molecule has 0 aromatic heterocycles. The van der Waals surface area contributed by atoms with Gasteiger partial charge in [-0.2, -0.15) is 0 Å². The van der Waals surface area contributed by atoms with E-state index < -0.39 is 0 Å². The van der Waals surface area contributed by atoms with Crippen molar-refractivity contribution in [3.8, 4) is 11.5 Å². The van der Waals surface area contributed by atoms with Gasteiger partial charge in [-0.15, -0.1) is 0 Å². The maximum absolute atomic E-state index is 9.63. The molecule has 0 amide bonds. The van der Waals surface area contributed by atoms with E-state index in [-0.39, 0.29) is 11.5 Å². The Morgan fingerprint density at radius 2 is 1.30 bits per heavy atom. The first kappa shape index (κ1) is 14.3. The minimum absolute atomic E-state index is 0.0166. The van der Waals surface area contributed by atoms with Gasteiger partial charge < -0.3 is 0 Å². The summed E-state index contributed by atoms with van der Waals surface area (Å²) < 4.78 is 8.47. The number of benzene rings is 1. The van der Waals surface area contributed by atoms with Crippen LogP contribution in [0.4, 0.5) is 0 Å². The fraction of sp³-hybridized carbons (Fsp3) is 0.167. The molecule has 20 heavy (non-hydrogen) atoms. The molecule has 0 atom stereocenters. The fourth-order valence-electron chi connectivity index (χ4n) is 1.80. The van der Waals surface area contributed by atoms with Crippen molar-refractivity contribution >= 4 is 85.9 Å². The van der Waals surface area contributed by atoms with Gasteiger partial charge in [0.25, 0.3) is 0 Å². The molecule has 2 N–H and O–H groups in total. The Kier molecular flexibility index (Phi) is 4.12. The zero-order chi connectivity index (χ0) is 13.7. The third kappa shape index (κ3) is 2.59. The van der Waals surface area contributed by atoms with Gasteiger partial charge in [0.2, 0.25) is 0 Å². The van der Waals surface area contributed by atoms with E-state index in [0.29, 0.717) is 29.9 Å². The Hall–Kier alpha value is 0.739. The number of rotatable bonds is 0. The quantitative estimate of drug-likeness (QED) is 0.447. The molecule has 4 rings (SSSR count). The van der Waals surface area contributed by atoms with Crippen LogP contribution in [0.1, 0.15) is 0 Å². The van der Waals surface area contributed by atoms with Crippen LogP contribution in [-0.4, -0.2) is 51.6 Å². The number of phenolic OH excluding ortho intramolecular Hbond substituents is 2. The fourth-order valence-corrected chi connectivity index (χ4v) is 15.3. The number of hydrogen-bond donors (Lipinski definition) is 2. The van der Waals surface area contributed by atoms with Crippen LogP contribution in [0.3, 0.4) is 0 Å². The normalized spacial score (nSPS) is 21.4. The van der Waals surface area contributed by atoms with Gasteiger partial charge in [0.1, 0.15) is 0 Å². The van der Waals surface area contributed by atoms with Gasteiger partial charge in [0, 0.05) is 0 Å². The van der Waals surface area contributed by atoms with Crippen molar-refractivity contribution < 1.29 is 10.2 Å². The van der Waals surface area contributed by atoms with Crippen molar-refractivity contribution in [2.75, 3.05) is 11.5 Å². The zero-order valence-electron chi connectivity index (χ0n) is 9.91. The molecule has 3 aliphatic heterocycles. The number of thioether (sulfide) groups is 4. The molecule has 3 aliphatic rings. The van der Waals surface area contributed by atoms with Crippen LogP contribution in [0.2, 0.25) is 0 Å². The summed E-state index contributed by atoms with van der Waals surface area (Å²) in [5.74, 6) is 2.47. The van der Waals surface area contributed by atoms with Crippen LogP contribution in [0.5, 0.6) is 11.5 Å². The molecule has 0 bridgehead atoms. The van der Waals surface area contributed by atoms with Gasteiger partial charge in [-0.25, -0.2) is 0 Å². The summed E-state index contributed by atoms with van der Waals surface area (Å²) in [6.07, 6.45) is 0. The summed E-state index contributed by atoms with van der Waals surface area (Å²) in [5.41, 5.74) is 0. The van der Waals surface area contributed by atoms with Crippen molar-refractivity contribution in [2.45, 2.75) is 0 Å². The third-order valence-electron chi connectivity index (χ3n) is 2.70. The Balaban J connectivity index is 1.62. The minimum atomic E-state index is 0.0166. The molecule has 0 spiro atoms. The second-order valence-electron chi connectivity index (χ2n) is 4.04. The van der Waals surface area contributed by atoms with Crippen LogP contribution in [0.15, 0.2) is 28.2 Å². The summed E-state index contributed by atoms with van der Waals surface area (Å²) in [5, 5.41) is 19.3. The Morgan fingerprint density at radius 1 is 0.800 bits per heavy atom. The first-order valence-corrected chi connectivity index (χ1v) is 12.8. The topological polar surface area (TPSA) is 40.5 Å². The predicted octanol–water partition coefficient (Wildman–Crippen LogP) is 1.98. The standard InChI is InChI=1S/C12H8O2S4Se2/c13-5-3-7-8(4-6(5)14)20-12(19-7)11-17-9-10(18-11)16-2-1-15-9/h3-4,13-14H,1-2H2. The van der Waals surface area contributed by atoms with Crippen LogP contribution in [0.25, 0.3) is 0 Å². The number of hydrogen-bond acceptors (Lipinski definition) is 6. The average Bonchev–Trinajstić information content (AvgIpc) is 3.02. The van der Waals surface area contributed by atoms with Crippen LogP contribution in [0, 0.1) is 0 Å². The first-order chi connectivity index (χ1) is 9.70. The molecular formula is C12H8O2S4Se2. The van der Waals surface area contributed by atoms with Gasteiger partial charge in [0.05, 0.1) is 0 Å². The number of fused-ring (bicyclic) bond motifs is 1. The monoisotopic (exact) mass is 472 g/mol. The summed E-state index contributed by atoms with van der Waals surface area (Å²) in [6, 6.07) is 3.50. The molecular weight excluding hydrogens is 462 g/mol. The van der Waals surface area contributed by atoms with Crippen molar-refractivity contribution in [3.05, 3.63) is 28.2 Å². The molecule has 1 aromatic carbocycles. The van der Waals surface area contributed by atoms with Gasteiger partial charge in [-0.3, -0.25) is 0 Å². The van der Waals surface area contributed by atoms with E-state index in [4.69, 9.17) is 0 Å². The molecule has 0 aliphatic carbocycles. The summed E-state index contributed by atoms with van der Waals surface area (Å²) in [4.78, 5) is 0. The van der Waals surface area contributed by atoms with E-state index in [1.165, 1.54) is 33.1 Å². The second-order valence-corrected chi connectivity index (χ2v) is 14.8. The second kappa shape index (κ2) is 5.74. The molecule has 0 saturated carbocycles. The van der Waals surface area contributed by atoms with Crippen LogP contribution < -0.4 is 8.92 Å². The van der Waals surface area contributed by atoms with Gasteiger partial charge in [-0.05, 0) is 0 Å². The molecule has 2 nitrogen and oxygen atoms in total. The van der Waals surface area contributed by atoms with Crippen molar-refractivity contribution in [1.82, 2.24) is 0 Å². The average molecular weight is 470 g/mol. The molecule has 0 radical (unpaired) electrons. The van der Waals surface area contributed by atoms with E-state index in [0.717, 1.165) is 0 Å². The summed E-state index contributed by atoms with van der Waals surface area (Å²) in [6.45, 7) is 0. The van der Waals surface area contributed by atoms with Crippen LogP contribution in [-0.2, 0) is 0 Å². The van der Waals surface area contributed by atoms with Crippen molar-refractivity contribution in [2.24, 2.45) is 0 Å². The van der Waals surface area contributed by atoms with E-state index in [1.807, 2.05) is 47.0 Å². The number of phenols is 2. The van der Waals surface area contributed by atoms with Gasteiger partial charge >= 0.3 is 147 Å². The van der Waals surface area contributed by atoms with Crippen molar-refractivity contribution in [1.29, 1.82) is 0 Å². The maximum atomic E-state index is 9.63. The Bertz CT molecular complexity index is 619. The molecule has 0 saturated heterocycles. The first-order valence-electron chi connectivity index (χ1n) is 5.72.